The fourth-order valence-corrected chi connectivity index (χ4v) is 4.76. The summed E-state index contributed by atoms with van der Waals surface area (Å²) in [7, 11) is 1.85. The number of carbonyl (C=O) groups excluding carboxylic acids is 2. The molecule has 3 heterocycles. The van der Waals surface area contributed by atoms with Crippen molar-refractivity contribution in [2.45, 2.75) is 70.6 Å². The number of para-hydroxylation sites is 1. The molecule has 4 rings (SSSR count). The first-order valence-electron chi connectivity index (χ1n) is 11.2. The molecule has 1 spiro atoms. The molecule has 7 nitrogen and oxygen atoms in total. The first-order valence-corrected chi connectivity index (χ1v) is 11.2. The minimum absolute atomic E-state index is 0.0419. The van der Waals surface area contributed by atoms with Crippen LogP contribution in [0.2, 0.25) is 0 Å². The summed E-state index contributed by atoms with van der Waals surface area (Å²) < 4.78 is 8.42. The van der Waals surface area contributed by atoms with E-state index in [0.717, 1.165) is 42.1 Å². The van der Waals surface area contributed by atoms with Crippen molar-refractivity contribution in [2.24, 2.45) is 0 Å². The van der Waals surface area contributed by atoms with Gasteiger partial charge in [0.2, 0.25) is 11.8 Å². The molecule has 1 fully saturated rings. The highest BCUT2D eigenvalue weighted by molar-refractivity contribution is 5.77. The minimum Gasteiger partial charge on any atom is -0.487 e. The van der Waals surface area contributed by atoms with Gasteiger partial charge in [-0.05, 0) is 38.8 Å². The number of amides is 2. The van der Waals surface area contributed by atoms with Crippen molar-refractivity contribution < 1.29 is 14.3 Å². The van der Waals surface area contributed by atoms with Gasteiger partial charge in [-0.15, -0.1) is 0 Å². The van der Waals surface area contributed by atoms with Crippen LogP contribution in [0.5, 0.6) is 5.75 Å². The topological polar surface area (TPSA) is 76.5 Å². The van der Waals surface area contributed by atoms with E-state index in [-0.39, 0.29) is 17.9 Å². The van der Waals surface area contributed by atoms with Gasteiger partial charge in [-0.3, -0.25) is 14.3 Å². The van der Waals surface area contributed by atoms with Crippen molar-refractivity contribution in [3.8, 4) is 5.75 Å². The number of ether oxygens (including phenoxy) is 1. The van der Waals surface area contributed by atoms with E-state index >= 15 is 0 Å². The average Bonchev–Trinajstić information content (AvgIpc) is 3.00. The van der Waals surface area contributed by atoms with E-state index in [0.29, 0.717) is 32.2 Å². The lowest BCUT2D eigenvalue weighted by Crippen LogP contribution is -2.45. The number of carbonyl (C=O) groups is 2. The third-order valence-corrected chi connectivity index (χ3v) is 6.53. The summed E-state index contributed by atoms with van der Waals surface area (Å²) in [6.45, 7) is 5.42. The van der Waals surface area contributed by atoms with Crippen LogP contribution in [0, 0.1) is 13.8 Å². The smallest absolute Gasteiger partial charge is 0.222 e. The molecule has 0 aliphatic carbocycles. The number of rotatable bonds is 5. The molecule has 2 atom stereocenters. The normalized spacial score (nSPS) is 23.3. The molecule has 2 aliphatic heterocycles. The van der Waals surface area contributed by atoms with Crippen LogP contribution in [0.1, 0.15) is 61.5 Å². The Bertz CT molecular complexity index is 969. The van der Waals surface area contributed by atoms with Crippen molar-refractivity contribution in [2.75, 3.05) is 13.6 Å². The highest BCUT2D eigenvalue weighted by atomic mass is 16.5. The number of aromatic nitrogens is 2. The number of benzene rings is 1. The lowest BCUT2D eigenvalue weighted by atomic mass is 9.82. The summed E-state index contributed by atoms with van der Waals surface area (Å²) in [5.74, 6) is 1.02. The molecule has 2 aromatic rings. The quantitative estimate of drug-likeness (QED) is 0.799. The maximum atomic E-state index is 12.8. The predicted molar refractivity (Wildman–Crippen MR) is 118 cm³/mol. The molecule has 0 bridgehead atoms. The number of nitrogens with one attached hydrogen (secondary N) is 1. The molecule has 31 heavy (non-hydrogen) atoms. The van der Waals surface area contributed by atoms with E-state index in [9.17, 15) is 9.59 Å². The molecule has 0 unspecified atom stereocenters. The SMILES string of the molecule is Cc1cc(C)n(CCCC(=O)N[C@H]2C[C@@]3(CCC(=O)N(C)CC3)Oc3ccccc32)n1. The summed E-state index contributed by atoms with van der Waals surface area (Å²) >= 11 is 0. The largest absolute Gasteiger partial charge is 0.487 e. The average molecular weight is 425 g/mol. The Kier molecular flexibility index (Phi) is 6.03. The fourth-order valence-electron chi connectivity index (χ4n) is 4.76. The second kappa shape index (κ2) is 8.73. The van der Waals surface area contributed by atoms with Gasteiger partial charge in [0, 0.05) is 57.1 Å². The summed E-state index contributed by atoms with van der Waals surface area (Å²) in [5.41, 5.74) is 2.71. The lowest BCUT2D eigenvalue weighted by Gasteiger charge is -2.42. The summed E-state index contributed by atoms with van der Waals surface area (Å²) in [4.78, 5) is 26.8. The highest BCUT2D eigenvalue weighted by Gasteiger charge is 2.43. The van der Waals surface area contributed by atoms with Crippen LogP contribution in [-0.4, -0.2) is 45.7 Å². The Morgan fingerprint density at radius 3 is 2.87 bits per heavy atom. The van der Waals surface area contributed by atoms with Gasteiger partial charge < -0.3 is 15.0 Å². The van der Waals surface area contributed by atoms with Crippen LogP contribution in [0.4, 0.5) is 0 Å². The molecular formula is C24H32N4O3. The van der Waals surface area contributed by atoms with Crippen molar-refractivity contribution in [1.82, 2.24) is 20.0 Å². The molecule has 1 aromatic heterocycles. The number of aryl methyl sites for hydroxylation is 3. The van der Waals surface area contributed by atoms with Crippen LogP contribution in [-0.2, 0) is 16.1 Å². The molecule has 0 saturated carbocycles. The molecule has 7 heteroatoms. The number of hydrogen-bond donors (Lipinski definition) is 1. The molecule has 1 saturated heterocycles. The van der Waals surface area contributed by atoms with Gasteiger partial charge in [0.25, 0.3) is 0 Å². The summed E-state index contributed by atoms with van der Waals surface area (Å²) in [6.07, 6.45) is 3.80. The zero-order valence-electron chi connectivity index (χ0n) is 18.7. The lowest BCUT2D eigenvalue weighted by molar-refractivity contribution is -0.129. The van der Waals surface area contributed by atoms with E-state index in [2.05, 4.69) is 10.4 Å². The minimum atomic E-state index is -0.420. The van der Waals surface area contributed by atoms with Crippen molar-refractivity contribution in [3.63, 3.8) is 0 Å². The van der Waals surface area contributed by atoms with Gasteiger partial charge in [-0.2, -0.15) is 5.10 Å². The maximum absolute atomic E-state index is 12.8. The predicted octanol–water partition coefficient (Wildman–Crippen LogP) is 3.30. The monoisotopic (exact) mass is 424 g/mol. The standard InChI is InChI=1S/C24H32N4O3/c1-17-15-18(2)28(26-17)13-6-9-22(29)25-20-16-24(11-10-23(30)27(3)14-12-24)31-21-8-5-4-7-19(20)21/h4-5,7-8,15,20H,6,9-14,16H2,1-3H3,(H,25,29)/t20-,24-/m0/s1. The van der Waals surface area contributed by atoms with Crippen LogP contribution in [0.25, 0.3) is 0 Å². The van der Waals surface area contributed by atoms with Gasteiger partial charge in [-0.25, -0.2) is 0 Å². The summed E-state index contributed by atoms with van der Waals surface area (Å²) in [5, 5.41) is 7.72. The van der Waals surface area contributed by atoms with E-state index in [1.54, 1.807) is 4.90 Å². The maximum Gasteiger partial charge on any atom is 0.222 e. The Balaban J connectivity index is 1.43. The zero-order valence-corrected chi connectivity index (χ0v) is 18.7. The number of fused-ring (bicyclic) bond motifs is 1. The van der Waals surface area contributed by atoms with E-state index in [1.807, 2.05) is 55.9 Å². The first kappa shape index (κ1) is 21.4. The van der Waals surface area contributed by atoms with Crippen molar-refractivity contribution >= 4 is 11.8 Å². The summed E-state index contributed by atoms with van der Waals surface area (Å²) in [6, 6.07) is 9.87. The van der Waals surface area contributed by atoms with E-state index in [1.165, 1.54) is 0 Å². The molecule has 2 amide bonds. The molecule has 1 aromatic carbocycles. The molecule has 2 aliphatic rings. The van der Waals surface area contributed by atoms with E-state index < -0.39 is 5.60 Å². The number of nitrogens with zero attached hydrogens (tertiary/aromatic N) is 3. The van der Waals surface area contributed by atoms with Crippen LogP contribution >= 0.6 is 0 Å². The molecule has 1 N–H and O–H groups in total. The van der Waals surface area contributed by atoms with Gasteiger partial charge in [-0.1, -0.05) is 18.2 Å². The fraction of sp³-hybridized carbons (Fsp3) is 0.542. The highest BCUT2D eigenvalue weighted by Crippen LogP contribution is 2.44. The van der Waals surface area contributed by atoms with Crippen LogP contribution < -0.4 is 10.1 Å². The number of likely N-dealkylation sites (tertiary alicyclic amines) is 1. The Morgan fingerprint density at radius 1 is 1.29 bits per heavy atom. The van der Waals surface area contributed by atoms with Crippen LogP contribution in [0.15, 0.2) is 30.3 Å². The first-order chi connectivity index (χ1) is 14.8. The van der Waals surface area contributed by atoms with Crippen molar-refractivity contribution in [3.05, 3.63) is 47.3 Å². The third-order valence-electron chi connectivity index (χ3n) is 6.53. The second-order valence-electron chi connectivity index (χ2n) is 8.97. The Morgan fingerprint density at radius 2 is 2.10 bits per heavy atom. The Labute approximate surface area is 183 Å². The van der Waals surface area contributed by atoms with Crippen LogP contribution in [0.3, 0.4) is 0 Å². The third kappa shape index (κ3) is 4.75. The second-order valence-corrected chi connectivity index (χ2v) is 8.97. The van der Waals surface area contributed by atoms with Gasteiger partial charge in [0.1, 0.15) is 11.4 Å². The number of hydrogen-bond acceptors (Lipinski definition) is 4. The molecule has 0 radical (unpaired) electrons. The zero-order chi connectivity index (χ0) is 22.0. The van der Waals surface area contributed by atoms with Gasteiger partial charge >= 0.3 is 0 Å². The molecule has 166 valence electrons. The Hall–Kier alpha value is -2.83. The van der Waals surface area contributed by atoms with Gasteiger partial charge in [0.05, 0.1) is 11.7 Å². The van der Waals surface area contributed by atoms with Crippen molar-refractivity contribution in [1.29, 1.82) is 0 Å². The molecular weight excluding hydrogens is 392 g/mol. The van der Waals surface area contributed by atoms with Gasteiger partial charge in [0.15, 0.2) is 0 Å². The van der Waals surface area contributed by atoms with E-state index in [4.69, 9.17) is 4.74 Å².